The fourth-order valence-corrected chi connectivity index (χ4v) is 13.1. The standard InChI is InChI=1S/C83H49F3N12/c84-83(85,86)65-35-21-39-71(98-67-37-19-17-33-62(67)64-49-59(45-47-69(64)98)80-92-76(55-26-10-3-11-27-55)89-77(93-80)56-28-12-4-13-29-56)73(65)82-95-78(57-30-14-5-15-31-57)94-81(96-82)72-60(52-42-40-51(50-87)41-43-52)34-20-38-70(72)97-66-36-18-16-32-61(66)63-48-58(44-46-68(63)97)79-90-74(53-22-6-1-7-23-53)88-75(91-79)54-24-8-2-9-25-54/h1-49H. The number of benzene rings is 12. The topological polar surface area (TPSA) is 150 Å². The Hall–Kier alpha value is -13.5. The second-order valence-electron chi connectivity index (χ2n) is 23.5. The van der Waals surface area contributed by atoms with Crippen LogP contribution >= 0.6 is 0 Å². The number of rotatable bonds is 12. The number of hydrogen-bond acceptors (Lipinski definition) is 10. The zero-order valence-electron chi connectivity index (χ0n) is 51.8. The van der Waals surface area contributed by atoms with E-state index in [1.54, 1.807) is 18.2 Å². The van der Waals surface area contributed by atoms with Crippen molar-refractivity contribution >= 4 is 43.6 Å². The first kappa shape index (κ1) is 58.4. The molecule has 5 aromatic heterocycles. The highest BCUT2D eigenvalue weighted by Gasteiger charge is 2.37. The third-order valence-corrected chi connectivity index (χ3v) is 17.6. The normalized spacial score (nSPS) is 11.6. The van der Waals surface area contributed by atoms with Gasteiger partial charge in [-0.3, -0.25) is 0 Å². The van der Waals surface area contributed by atoms with Crippen molar-refractivity contribution in [2.45, 2.75) is 6.18 Å². The van der Waals surface area contributed by atoms with Crippen molar-refractivity contribution in [3.63, 3.8) is 0 Å². The van der Waals surface area contributed by atoms with Gasteiger partial charge in [0.05, 0.1) is 61.8 Å². The Kier molecular flexibility index (Phi) is 14.4. The van der Waals surface area contributed by atoms with E-state index in [-0.39, 0.29) is 28.7 Å². The van der Waals surface area contributed by atoms with Gasteiger partial charge in [-0.2, -0.15) is 18.4 Å². The van der Waals surface area contributed by atoms with Gasteiger partial charge in [0.15, 0.2) is 52.4 Å². The van der Waals surface area contributed by atoms with Gasteiger partial charge in [0.25, 0.3) is 0 Å². The molecular formula is C83H49F3N12. The Morgan fingerprint density at radius 1 is 0.265 bits per heavy atom. The summed E-state index contributed by atoms with van der Waals surface area (Å²) in [6.07, 6.45) is -4.91. The molecule has 12 nitrogen and oxygen atoms in total. The molecule has 0 saturated carbocycles. The molecule has 0 unspecified atom stereocenters. The number of para-hydroxylation sites is 2. The molecule has 0 atom stereocenters. The highest BCUT2D eigenvalue weighted by molar-refractivity contribution is 6.12. The molecule has 0 fully saturated rings. The third kappa shape index (κ3) is 10.5. The summed E-state index contributed by atoms with van der Waals surface area (Å²) in [4.78, 5) is 45.9. The van der Waals surface area contributed by atoms with Gasteiger partial charge in [-0.05, 0) is 90.0 Å². The Labute approximate surface area is 558 Å². The lowest BCUT2D eigenvalue weighted by molar-refractivity contribution is -0.137. The highest BCUT2D eigenvalue weighted by atomic mass is 19.4. The fraction of sp³-hybridized carbons (Fsp3) is 0.0120. The zero-order valence-corrected chi connectivity index (χ0v) is 51.8. The van der Waals surface area contributed by atoms with Crippen LogP contribution in [-0.4, -0.2) is 54.0 Å². The summed E-state index contributed by atoms with van der Waals surface area (Å²) in [6.45, 7) is 0. The van der Waals surface area contributed by atoms with Gasteiger partial charge >= 0.3 is 6.18 Å². The third-order valence-electron chi connectivity index (χ3n) is 17.6. The smallest absolute Gasteiger partial charge is 0.308 e. The number of hydrogen-bond donors (Lipinski definition) is 0. The summed E-state index contributed by atoms with van der Waals surface area (Å²) < 4.78 is 53.4. The fourth-order valence-electron chi connectivity index (χ4n) is 13.1. The molecule has 0 aliphatic heterocycles. The van der Waals surface area contributed by atoms with Gasteiger partial charge in [0, 0.05) is 60.5 Å². The first-order chi connectivity index (χ1) is 48.2. The molecule has 0 radical (unpaired) electrons. The van der Waals surface area contributed by atoms with Gasteiger partial charge in [-0.1, -0.05) is 218 Å². The summed E-state index contributed by atoms with van der Waals surface area (Å²) >= 11 is 0. The molecule has 462 valence electrons. The molecule has 5 heterocycles. The molecule has 15 heteroatoms. The number of aromatic nitrogens is 11. The number of halogens is 3. The summed E-state index contributed by atoms with van der Waals surface area (Å²) in [7, 11) is 0. The van der Waals surface area contributed by atoms with E-state index in [4.69, 9.17) is 44.9 Å². The van der Waals surface area contributed by atoms with Crippen molar-refractivity contribution in [2.75, 3.05) is 0 Å². The van der Waals surface area contributed by atoms with E-state index >= 15 is 13.2 Å². The average molecular weight is 1270 g/mol. The predicted octanol–water partition coefficient (Wildman–Crippen LogP) is 20.0. The molecule has 0 aliphatic carbocycles. The summed E-state index contributed by atoms with van der Waals surface area (Å²) in [5.74, 6) is 2.92. The van der Waals surface area contributed by atoms with Crippen molar-refractivity contribution in [1.82, 2.24) is 54.0 Å². The molecule has 0 bridgehead atoms. The van der Waals surface area contributed by atoms with Crippen LogP contribution in [0.3, 0.4) is 0 Å². The van der Waals surface area contributed by atoms with Crippen LogP contribution in [0.5, 0.6) is 0 Å². The van der Waals surface area contributed by atoms with Gasteiger partial charge in [0.1, 0.15) is 0 Å². The van der Waals surface area contributed by atoms with Gasteiger partial charge in [-0.25, -0.2) is 44.9 Å². The zero-order chi connectivity index (χ0) is 65.8. The van der Waals surface area contributed by atoms with Crippen LogP contribution in [-0.2, 0) is 6.18 Å². The largest absolute Gasteiger partial charge is 0.417 e. The van der Waals surface area contributed by atoms with Gasteiger partial charge in [-0.15, -0.1) is 0 Å². The van der Waals surface area contributed by atoms with E-state index in [0.29, 0.717) is 85.0 Å². The van der Waals surface area contributed by atoms with Crippen molar-refractivity contribution in [3.05, 3.63) is 308 Å². The van der Waals surface area contributed by atoms with Crippen LogP contribution in [0.2, 0.25) is 0 Å². The lowest BCUT2D eigenvalue weighted by atomic mass is 9.96. The molecule has 98 heavy (non-hydrogen) atoms. The molecule has 12 aromatic carbocycles. The van der Waals surface area contributed by atoms with Crippen LogP contribution in [0.1, 0.15) is 11.1 Å². The van der Waals surface area contributed by atoms with Crippen molar-refractivity contribution in [1.29, 1.82) is 5.26 Å². The van der Waals surface area contributed by atoms with Gasteiger partial charge in [0.2, 0.25) is 0 Å². The monoisotopic (exact) mass is 1270 g/mol. The highest BCUT2D eigenvalue weighted by Crippen LogP contribution is 2.46. The second-order valence-corrected chi connectivity index (χ2v) is 23.5. The molecule has 0 spiro atoms. The summed E-state index contributed by atoms with van der Waals surface area (Å²) in [5.41, 5.74) is 9.99. The molecule has 17 rings (SSSR count). The lowest BCUT2D eigenvalue weighted by Gasteiger charge is -2.21. The van der Waals surface area contributed by atoms with Crippen molar-refractivity contribution in [3.8, 4) is 131 Å². The maximum atomic E-state index is 16.5. The maximum absolute atomic E-state index is 16.5. The van der Waals surface area contributed by atoms with E-state index in [1.165, 1.54) is 6.07 Å². The summed E-state index contributed by atoms with van der Waals surface area (Å²) in [5, 5.41) is 13.4. The van der Waals surface area contributed by atoms with E-state index in [0.717, 1.165) is 66.5 Å². The Bertz CT molecular complexity index is 5860. The lowest BCUT2D eigenvalue weighted by Crippen LogP contribution is -2.13. The molecule has 0 aliphatic rings. The van der Waals surface area contributed by atoms with Crippen LogP contribution in [0.15, 0.2) is 297 Å². The Morgan fingerprint density at radius 2 is 0.582 bits per heavy atom. The van der Waals surface area contributed by atoms with Crippen LogP contribution < -0.4 is 0 Å². The first-order valence-corrected chi connectivity index (χ1v) is 31.7. The molecule has 0 N–H and O–H groups in total. The second kappa shape index (κ2) is 24.1. The summed E-state index contributed by atoms with van der Waals surface area (Å²) in [6, 6.07) is 95.4. The van der Waals surface area contributed by atoms with Crippen molar-refractivity contribution in [2.24, 2.45) is 0 Å². The number of nitrogens with zero attached hydrogens (tertiary/aromatic N) is 12. The minimum absolute atomic E-state index is 0.0929. The van der Waals surface area contributed by atoms with E-state index in [2.05, 4.69) is 22.8 Å². The van der Waals surface area contributed by atoms with E-state index < -0.39 is 11.7 Å². The minimum atomic E-state index is -4.91. The van der Waals surface area contributed by atoms with E-state index in [9.17, 15) is 5.26 Å². The van der Waals surface area contributed by atoms with Crippen molar-refractivity contribution < 1.29 is 13.2 Å². The maximum Gasteiger partial charge on any atom is 0.417 e. The van der Waals surface area contributed by atoms with E-state index in [1.807, 2.05) is 259 Å². The Morgan fingerprint density at radius 3 is 0.980 bits per heavy atom. The van der Waals surface area contributed by atoms with Crippen LogP contribution in [0, 0.1) is 11.3 Å². The molecule has 17 aromatic rings. The number of alkyl halides is 3. The molecule has 0 saturated heterocycles. The minimum Gasteiger partial charge on any atom is -0.308 e. The van der Waals surface area contributed by atoms with Crippen LogP contribution in [0.25, 0.3) is 169 Å². The average Bonchev–Trinajstić information content (AvgIpc) is 1.53. The van der Waals surface area contributed by atoms with Gasteiger partial charge < -0.3 is 9.13 Å². The SMILES string of the molecule is N#Cc1ccc(-c2cccc(-n3c4ccccc4c4cc(-c5nc(-c6ccccc6)nc(-c6ccccc6)n5)ccc43)c2-c2nc(-c3ccccc3)nc(-c3c(-n4c5ccccc5c5cc(-c6nc(-c7ccccc7)nc(-c7ccccc7)n6)ccc54)cccc3C(F)(F)F)n2)cc1. The molecular weight excluding hydrogens is 1220 g/mol. The Balaban J connectivity index is 0.893. The number of nitriles is 1. The predicted molar refractivity (Wildman–Crippen MR) is 379 cm³/mol. The quantitative estimate of drug-likeness (QED) is 0.116. The number of fused-ring (bicyclic) bond motifs is 6. The first-order valence-electron chi connectivity index (χ1n) is 31.7. The molecule has 0 amide bonds. The van der Waals surface area contributed by atoms with Crippen LogP contribution in [0.4, 0.5) is 13.2 Å².